The van der Waals surface area contributed by atoms with Crippen molar-refractivity contribution in [2.75, 3.05) is 5.75 Å². The van der Waals surface area contributed by atoms with Crippen molar-refractivity contribution in [3.8, 4) is 0 Å². The van der Waals surface area contributed by atoms with E-state index in [0.29, 0.717) is 11.6 Å². The van der Waals surface area contributed by atoms with Crippen molar-refractivity contribution in [2.24, 2.45) is 0 Å². The molecule has 2 rings (SSSR count). The highest BCUT2D eigenvalue weighted by Crippen LogP contribution is 2.15. The fourth-order valence-corrected chi connectivity index (χ4v) is 2.82. The van der Waals surface area contributed by atoms with Crippen LogP contribution in [0.5, 0.6) is 0 Å². The van der Waals surface area contributed by atoms with E-state index >= 15 is 0 Å². The molecule has 0 amide bonds. The normalized spacial score (nSPS) is 12.2. The molecule has 1 atom stereocenters. The number of carbonyl (C=O) groups is 1. The molecule has 0 bridgehead atoms. The molecule has 0 N–H and O–H groups in total. The Morgan fingerprint density at radius 1 is 1.15 bits per heavy atom. The standard InChI is InChI=1S/C15H12F2O2S/c1-10-3-2-4-11(7-10)14(18)9-20(19)15-6-5-12(16)8-13(15)17/h2-8H,9H2,1H3. The third kappa shape index (κ3) is 3.36. The Kier molecular flexibility index (Phi) is 4.39. The zero-order valence-electron chi connectivity index (χ0n) is 10.7. The van der Waals surface area contributed by atoms with Crippen LogP contribution >= 0.6 is 0 Å². The van der Waals surface area contributed by atoms with E-state index in [-0.39, 0.29) is 16.4 Å². The molecular formula is C15H12F2O2S. The number of hydrogen-bond acceptors (Lipinski definition) is 2. The van der Waals surface area contributed by atoms with E-state index in [9.17, 15) is 17.8 Å². The van der Waals surface area contributed by atoms with Gasteiger partial charge < -0.3 is 0 Å². The van der Waals surface area contributed by atoms with E-state index in [4.69, 9.17) is 0 Å². The fraction of sp³-hybridized carbons (Fsp3) is 0.133. The van der Waals surface area contributed by atoms with E-state index in [0.717, 1.165) is 17.7 Å². The predicted octanol–water partition coefficient (Wildman–Crippen LogP) is 3.26. The molecular weight excluding hydrogens is 282 g/mol. The molecule has 104 valence electrons. The molecule has 1 unspecified atom stereocenters. The van der Waals surface area contributed by atoms with Crippen molar-refractivity contribution in [3.63, 3.8) is 0 Å². The Hall–Kier alpha value is -1.88. The van der Waals surface area contributed by atoms with Crippen molar-refractivity contribution in [1.29, 1.82) is 0 Å². The van der Waals surface area contributed by atoms with Crippen LogP contribution in [0.4, 0.5) is 8.78 Å². The number of halogens is 2. The first-order valence-electron chi connectivity index (χ1n) is 5.90. The Balaban J connectivity index is 2.17. The van der Waals surface area contributed by atoms with Crippen LogP contribution in [0, 0.1) is 18.6 Å². The lowest BCUT2D eigenvalue weighted by molar-refractivity contribution is 0.102. The van der Waals surface area contributed by atoms with E-state index < -0.39 is 22.4 Å². The summed E-state index contributed by atoms with van der Waals surface area (Å²) in [5, 5.41) is 0. The van der Waals surface area contributed by atoms with Crippen molar-refractivity contribution < 1.29 is 17.8 Å². The summed E-state index contributed by atoms with van der Waals surface area (Å²) in [6.07, 6.45) is 0. The summed E-state index contributed by atoms with van der Waals surface area (Å²) in [5.41, 5.74) is 1.34. The average Bonchev–Trinajstić information content (AvgIpc) is 2.38. The minimum absolute atomic E-state index is 0.160. The van der Waals surface area contributed by atoms with Gasteiger partial charge in [-0.2, -0.15) is 0 Å². The van der Waals surface area contributed by atoms with Crippen molar-refractivity contribution in [1.82, 2.24) is 0 Å². The molecule has 20 heavy (non-hydrogen) atoms. The second-order valence-corrected chi connectivity index (χ2v) is 5.78. The largest absolute Gasteiger partial charge is 0.293 e. The second-order valence-electron chi connectivity index (χ2n) is 4.36. The fourth-order valence-electron chi connectivity index (χ4n) is 1.76. The molecule has 0 aliphatic heterocycles. The van der Waals surface area contributed by atoms with Crippen LogP contribution in [0.1, 0.15) is 15.9 Å². The van der Waals surface area contributed by atoms with Gasteiger partial charge >= 0.3 is 0 Å². The number of hydrogen-bond donors (Lipinski definition) is 0. The number of aryl methyl sites for hydroxylation is 1. The minimum atomic E-state index is -1.83. The van der Waals surface area contributed by atoms with Gasteiger partial charge in [-0.25, -0.2) is 8.78 Å². The summed E-state index contributed by atoms with van der Waals surface area (Å²) in [5.74, 6) is -2.31. The topological polar surface area (TPSA) is 34.1 Å². The van der Waals surface area contributed by atoms with Crippen molar-refractivity contribution in [2.45, 2.75) is 11.8 Å². The SMILES string of the molecule is Cc1cccc(C(=O)CS(=O)c2ccc(F)cc2F)c1. The highest BCUT2D eigenvalue weighted by atomic mass is 32.2. The average molecular weight is 294 g/mol. The molecule has 2 aromatic rings. The predicted molar refractivity (Wildman–Crippen MR) is 73.1 cm³/mol. The molecule has 0 fully saturated rings. The van der Waals surface area contributed by atoms with Gasteiger partial charge in [0.1, 0.15) is 11.6 Å². The Morgan fingerprint density at radius 2 is 1.90 bits per heavy atom. The third-order valence-corrected chi connectivity index (χ3v) is 4.09. The summed E-state index contributed by atoms with van der Waals surface area (Å²) in [6, 6.07) is 9.65. The van der Waals surface area contributed by atoms with Crippen molar-refractivity contribution >= 4 is 16.6 Å². The summed E-state index contributed by atoms with van der Waals surface area (Å²) in [4.78, 5) is 11.8. The molecule has 5 heteroatoms. The molecule has 0 saturated heterocycles. The summed E-state index contributed by atoms with van der Waals surface area (Å²) in [7, 11) is -1.83. The summed E-state index contributed by atoms with van der Waals surface area (Å²) < 4.78 is 38.2. The Bertz CT molecular complexity index is 683. The molecule has 2 aromatic carbocycles. The first kappa shape index (κ1) is 14.5. The number of ketones is 1. The zero-order chi connectivity index (χ0) is 14.7. The maximum absolute atomic E-state index is 13.5. The van der Waals surface area contributed by atoms with E-state index in [1.807, 2.05) is 13.0 Å². The highest BCUT2D eigenvalue weighted by molar-refractivity contribution is 7.85. The smallest absolute Gasteiger partial charge is 0.175 e. The quantitative estimate of drug-likeness (QED) is 0.811. The van der Waals surface area contributed by atoms with Gasteiger partial charge in [0.2, 0.25) is 0 Å². The Labute approximate surface area is 117 Å². The van der Waals surface area contributed by atoms with Gasteiger partial charge in [-0.05, 0) is 25.1 Å². The van der Waals surface area contributed by atoms with Crippen LogP contribution in [0.3, 0.4) is 0 Å². The zero-order valence-corrected chi connectivity index (χ0v) is 11.5. The van der Waals surface area contributed by atoms with Gasteiger partial charge in [0, 0.05) is 11.6 Å². The summed E-state index contributed by atoms with van der Waals surface area (Å²) in [6.45, 7) is 1.84. The maximum Gasteiger partial charge on any atom is 0.175 e. The molecule has 0 heterocycles. The third-order valence-electron chi connectivity index (χ3n) is 2.74. The van der Waals surface area contributed by atoms with Crippen LogP contribution in [0.25, 0.3) is 0 Å². The summed E-state index contributed by atoms with van der Waals surface area (Å²) >= 11 is 0. The molecule has 0 spiro atoms. The van der Waals surface area contributed by atoms with Crippen LogP contribution in [-0.4, -0.2) is 15.7 Å². The van der Waals surface area contributed by atoms with E-state index in [1.165, 1.54) is 0 Å². The molecule has 0 aliphatic rings. The van der Waals surface area contributed by atoms with Crippen LogP contribution < -0.4 is 0 Å². The minimum Gasteiger partial charge on any atom is -0.293 e. The van der Waals surface area contributed by atoms with Gasteiger partial charge in [-0.1, -0.05) is 23.8 Å². The van der Waals surface area contributed by atoms with E-state index in [1.54, 1.807) is 18.2 Å². The first-order chi connectivity index (χ1) is 9.47. The first-order valence-corrected chi connectivity index (χ1v) is 7.22. The molecule has 0 aliphatic carbocycles. The number of carbonyl (C=O) groups excluding carboxylic acids is 1. The Morgan fingerprint density at radius 3 is 2.55 bits per heavy atom. The van der Waals surface area contributed by atoms with Gasteiger partial charge in [0.15, 0.2) is 5.78 Å². The lowest BCUT2D eigenvalue weighted by Crippen LogP contribution is -2.12. The molecule has 0 aromatic heterocycles. The molecule has 2 nitrogen and oxygen atoms in total. The van der Waals surface area contributed by atoms with Crippen LogP contribution in [0.15, 0.2) is 47.4 Å². The molecule has 0 saturated carbocycles. The lowest BCUT2D eigenvalue weighted by atomic mass is 10.1. The monoisotopic (exact) mass is 294 g/mol. The van der Waals surface area contributed by atoms with Crippen molar-refractivity contribution in [3.05, 3.63) is 65.2 Å². The molecule has 0 radical (unpaired) electrons. The van der Waals surface area contributed by atoms with Crippen LogP contribution in [-0.2, 0) is 10.8 Å². The van der Waals surface area contributed by atoms with Crippen LogP contribution in [0.2, 0.25) is 0 Å². The van der Waals surface area contributed by atoms with Gasteiger partial charge in [0.25, 0.3) is 0 Å². The van der Waals surface area contributed by atoms with Gasteiger partial charge in [-0.15, -0.1) is 0 Å². The number of benzene rings is 2. The van der Waals surface area contributed by atoms with Gasteiger partial charge in [-0.3, -0.25) is 9.00 Å². The lowest BCUT2D eigenvalue weighted by Gasteiger charge is -2.04. The number of rotatable bonds is 4. The van der Waals surface area contributed by atoms with E-state index in [2.05, 4.69) is 0 Å². The number of Topliss-reactive ketones (excluding diaryl/α,β-unsaturated/α-hetero) is 1. The highest BCUT2D eigenvalue weighted by Gasteiger charge is 2.16. The van der Waals surface area contributed by atoms with Gasteiger partial charge in [0.05, 0.1) is 21.4 Å². The maximum atomic E-state index is 13.5. The second kappa shape index (κ2) is 6.05.